The molecule has 2 atom stereocenters. The van der Waals surface area contributed by atoms with Crippen molar-refractivity contribution < 1.29 is 0 Å². The summed E-state index contributed by atoms with van der Waals surface area (Å²) in [6.45, 7) is 8.50. The number of hydrogen-bond donors (Lipinski definition) is 1. The maximum Gasteiger partial charge on any atom is 0.123 e. The molecule has 0 spiro atoms. The predicted molar refractivity (Wildman–Crippen MR) is 84.3 cm³/mol. The monoisotopic (exact) mass is 308 g/mol. The van der Waals surface area contributed by atoms with E-state index in [0.717, 1.165) is 31.6 Å². The van der Waals surface area contributed by atoms with Crippen molar-refractivity contribution in [3.05, 3.63) is 17.2 Å². The first-order valence-electron chi connectivity index (χ1n) is 6.47. The number of hydrogen-bond acceptors (Lipinski definition) is 3. The predicted octanol–water partition coefficient (Wildman–Crippen LogP) is 2.19. The summed E-state index contributed by atoms with van der Waals surface area (Å²) >= 11 is 0. The maximum absolute atomic E-state index is 5.99. The smallest absolute Gasteiger partial charge is 0.123 e. The van der Waals surface area contributed by atoms with Crippen molar-refractivity contribution in [2.45, 2.75) is 52.2 Å². The van der Waals surface area contributed by atoms with Crippen LogP contribution in [0.5, 0.6) is 0 Å². The topological polar surface area (TPSA) is 47.1 Å². The van der Waals surface area contributed by atoms with Gasteiger partial charge in [0.2, 0.25) is 0 Å². The lowest BCUT2D eigenvalue weighted by molar-refractivity contribution is 0.135. The van der Waals surface area contributed by atoms with Crippen LogP contribution in [-0.2, 0) is 13.6 Å². The molecule has 1 aromatic heterocycles. The molecule has 2 N–H and O–H groups in total. The van der Waals surface area contributed by atoms with Crippen molar-refractivity contribution in [1.29, 1.82) is 0 Å². The Morgan fingerprint density at radius 1 is 1.32 bits per heavy atom. The molecule has 6 heteroatoms. The fourth-order valence-electron chi connectivity index (χ4n) is 2.60. The summed E-state index contributed by atoms with van der Waals surface area (Å²) in [6, 6.07) is 0.946. The van der Waals surface area contributed by atoms with Crippen molar-refractivity contribution in [1.82, 2.24) is 14.5 Å². The first kappa shape index (κ1) is 18.7. The quantitative estimate of drug-likeness (QED) is 0.911. The van der Waals surface area contributed by atoms with Crippen molar-refractivity contribution in [3.63, 3.8) is 0 Å². The molecule has 0 saturated carbocycles. The molecule has 1 aromatic rings. The molecule has 0 aliphatic carbocycles. The molecule has 2 rings (SSSR count). The van der Waals surface area contributed by atoms with Crippen molar-refractivity contribution in [2.75, 3.05) is 6.54 Å². The third kappa shape index (κ3) is 4.09. The van der Waals surface area contributed by atoms with Gasteiger partial charge in [0.25, 0.3) is 0 Å². The van der Waals surface area contributed by atoms with Gasteiger partial charge in [-0.2, -0.15) is 0 Å². The highest BCUT2D eigenvalue weighted by molar-refractivity contribution is 5.85. The molecule has 1 saturated heterocycles. The number of aryl methyl sites for hydroxylation is 1. The van der Waals surface area contributed by atoms with E-state index in [1.165, 1.54) is 11.5 Å². The number of piperidine rings is 1. The molecule has 4 nitrogen and oxygen atoms in total. The molecule has 1 fully saturated rings. The minimum Gasteiger partial charge on any atom is -0.334 e. The Balaban J connectivity index is 0.00000162. The minimum atomic E-state index is 0. The Kier molecular flexibility index (Phi) is 7.37. The van der Waals surface area contributed by atoms with Gasteiger partial charge in [-0.25, -0.2) is 4.98 Å². The molecule has 0 aromatic carbocycles. The van der Waals surface area contributed by atoms with Gasteiger partial charge in [0.15, 0.2) is 0 Å². The number of aromatic nitrogens is 2. The molecule has 0 radical (unpaired) electrons. The third-order valence-electron chi connectivity index (χ3n) is 4.11. The fourth-order valence-corrected chi connectivity index (χ4v) is 2.60. The first-order chi connectivity index (χ1) is 7.99. The number of nitrogens with two attached hydrogens (primary N) is 1. The standard InChI is InChI=1S/C13H24N4.2ClH/c1-9-7-12(14)5-6-17(9)8-13-15-10(2)11(3)16(13)4;;/h9,12H,5-8,14H2,1-4H3;2*1H/t9-,12+;;/m1../s1. The second-order valence-electron chi connectivity index (χ2n) is 5.36. The van der Waals surface area contributed by atoms with E-state index in [9.17, 15) is 0 Å². The Morgan fingerprint density at radius 2 is 1.95 bits per heavy atom. The summed E-state index contributed by atoms with van der Waals surface area (Å²) in [5, 5.41) is 0. The first-order valence-corrected chi connectivity index (χ1v) is 6.47. The lowest BCUT2D eigenvalue weighted by Crippen LogP contribution is -2.45. The molecular weight excluding hydrogens is 283 g/mol. The molecule has 2 heterocycles. The number of rotatable bonds is 2. The van der Waals surface area contributed by atoms with E-state index in [-0.39, 0.29) is 24.8 Å². The highest BCUT2D eigenvalue weighted by Gasteiger charge is 2.24. The van der Waals surface area contributed by atoms with Gasteiger partial charge in [0.05, 0.1) is 12.2 Å². The van der Waals surface area contributed by atoms with Crippen molar-refractivity contribution in [2.24, 2.45) is 12.8 Å². The van der Waals surface area contributed by atoms with Crippen LogP contribution in [-0.4, -0.2) is 33.1 Å². The zero-order valence-electron chi connectivity index (χ0n) is 12.2. The SMILES string of the molecule is Cc1nc(CN2CC[C@H](N)C[C@H]2C)n(C)c1C.Cl.Cl. The maximum atomic E-state index is 5.99. The fraction of sp³-hybridized carbons (Fsp3) is 0.769. The van der Waals surface area contributed by atoms with Crippen LogP contribution in [0.15, 0.2) is 0 Å². The van der Waals surface area contributed by atoms with Crippen LogP contribution in [0.1, 0.15) is 37.0 Å². The van der Waals surface area contributed by atoms with E-state index in [0.29, 0.717) is 12.1 Å². The van der Waals surface area contributed by atoms with Gasteiger partial charge in [0, 0.05) is 31.4 Å². The number of imidazole rings is 1. The van der Waals surface area contributed by atoms with E-state index in [1.807, 2.05) is 0 Å². The third-order valence-corrected chi connectivity index (χ3v) is 4.11. The molecule has 0 bridgehead atoms. The van der Waals surface area contributed by atoms with E-state index < -0.39 is 0 Å². The molecule has 1 aliphatic heterocycles. The van der Waals surface area contributed by atoms with Crippen LogP contribution in [0.3, 0.4) is 0 Å². The van der Waals surface area contributed by atoms with Gasteiger partial charge in [-0.15, -0.1) is 24.8 Å². The average molecular weight is 309 g/mol. The summed E-state index contributed by atoms with van der Waals surface area (Å²) < 4.78 is 2.20. The average Bonchev–Trinajstić information content (AvgIpc) is 2.50. The molecule has 112 valence electrons. The van der Waals surface area contributed by atoms with E-state index in [1.54, 1.807) is 0 Å². The van der Waals surface area contributed by atoms with E-state index in [4.69, 9.17) is 5.73 Å². The summed E-state index contributed by atoms with van der Waals surface area (Å²) in [7, 11) is 2.10. The highest BCUT2D eigenvalue weighted by Crippen LogP contribution is 2.19. The van der Waals surface area contributed by atoms with Gasteiger partial charge >= 0.3 is 0 Å². The van der Waals surface area contributed by atoms with Crippen molar-refractivity contribution >= 4 is 24.8 Å². The van der Waals surface area contributed by atoms with Crippen LogP contribution < -0.4 is 5.73 Å². The van der Waals surface area contributed by atoms with Gasteiger partial charge in [-0.1, -0.05) is 0 Å². The lowest BCUT2D eigenvalue weighted by atomic mass is 9.99. The normalized spacial score (nSPS) is 23.6. The Morgan fingerprint density at radius 3 is 2.42 bits per heavy atom. The lowest BCUT2D eigenvalue weighted by Gasteiger charge is -2.36. The Hall–Kier alpha value is -0.290. The largest absolute Gasteiger partial charge is 0.334 e. The van der Waals surface area contributed by atoms with Crippen LogP contribution in [0.4, 0.5) is 0 Å². The summed E-state index contributed by atoms with van der Waals surface area (Å²) in [5.41, 5.74) is 8.40. The van der Waals surface area contributed by atoms with Crippen LogP contribution >= 0.6 is 24.8 Å². The summed E-state index contributed by atoms with van der Waals surface area (Å²) in [4.78, 5) is 7.14. The number of nitrogens with zero attached hydrogens (tertiary/aromatic N) is 3. The van der Waals surface area contributed by atoms with Crippen LogP contribution in [0, 0.1) is 13.8 Å². The zero-order valence-corrected chi connectivity index (χ0v) is 13.9. The second-order valence-corrected chi connectivity index (χ2v) is 5.36. The minimum absolute atomic E-state index is 0. The van der Waals surface area contributed by atoms with E-state index in [2.05, 4.69) is 42.3 Å². The molecular formula is C13H26Cl2N4. The van der Waals surface area contributed by atoms with Gasteiger partial charge in [0.1, 0.15) is 5.82 Å². The summed E-state index contributed by atoms with van der Waals surface area (Å²) in [5.74, 6) is 1.17. The van der Waals surface area contributed by atoms with Crippen molar-refractivity contribution in [3.8, 4) is 0 Å². The van der Waals surface area contributed by atoms with Crippen LogP contribution in [0.2, 0.25) is 0 Å². The van der Waals surface area contributed by atoms with Crippen LogP contribution in [0.25, 0.3) is 0 Å². The molecule has 19 heavy (non-hydrogen) atoms. The van der Waals surface area contributed by atoms with Gasteiger partial charge < -0.3 is 10.3 Å². The molecule has 0 amide bonds. The zero-order chi connectivity index (χ0) is 12.6. The van der Waals surface area contributed by atoms with Gasteiger partial charge in [-0.05, 0) is 33.6 Å². The number of likely N-dealkylation sites (tertiary alicyclic amines) is 1. The van der Waals surface area contributed by atoms with E-state index >= 15 is 0 Å². The summed E-state index contributed by atoms with van der Waals surface area (Å²) in [6.07, 6.45) is 2.20. The Labute approximate surface area is 128 Å². The molecule has 0 unspecified atom stereocenters. The number of halogens is 2. The Bertz CT molecular complexity index is 406. The highest BCUT2D eigenvalue weighted by atomic mass is 35.5. The molecule has 1 aliphatic rings. The van der Waals surface area contributed by atoms with Gasteiger partial charge in [-0.3, -0.25) is 4.90 Å². The second kappa shape index (κ2) is 7.48.